The zero-order chi connectivity index (χ0) is 22.4. The van der Waals surface area contributed by atoms with Crippen LogP contribution >= 0.6 is 0 Å². The number of hydrogen-bond donors (Lipinski definition) is 2. The van der Waals surface area contributed by atoms with Crippen molar-refractivity contribution < 1.29 is 13.6 Å². The molecule has 2 aromatic heterocycles. The fraction of sp³-hybridized carbons (Fsp3) is 0.190. The first-order valence-electron chi connectivity index (χ1n) is 9.41. The molecule has 0 radical (unpaired) electrons. The Bertz CT molecular complexity index is 1130. The molecule has 0 aliphatic carbocycles. The molecule has 10 heteroatoms. The van der Waals surface area contributed by atoms with Gasteiger partial charge < -0.3 is 11.1 Å². The Labute approximate surface area is 177 Å². The Morgan fingerprint density at radius 2 is 1.97 bits per heavy atom. The molecule has 3 rings (SSSR count). The van der Waals surface area contributed by atoms with E-state index in [2.05, 4.69) is 25.5 Å². The molecule has 1 atom stereocenters. The van der Waals surface area contributed by atoms with Crippen LogP contribution in [0.25, 0.3) is 11.3 Å². The number of halogens is 2. The molecule has 3 aromatic rings. The number of allylic oxidation sites excluding steroid dienone is 1. The summed E-state index contributed by atoms with van der Waals surface area (Å²) in [5.41, 5.74) is 7.72. The fourth-order valence-corrected chi connectivity index (χ4v) is 2.75. The Hall–Kier alpha value is -3.95. The van der Waals surface area contributed by atoms with Gasteiger partial charge in [0.1, 0.15) is 5.69 Å². The van der Waals surface area contributed by atoms with Crippen LogP contribution in [-0.2, 0) is 0 Å². The molecule has 2 heterocycles. The molecule has 1 amide bonds. The summed E-state index contributed by atoms with van der Waals surface area (Å²) in [6.07, 6.45) is 5.71. The topological polar surface area (TPSA) is 111 Å². The number of carbonyl (C=O) groups is 1. The van der Waals surface area contributed by atoms with Crippen LogP contribution < -0.4 is 11.1 Å². The SMILES string of the molecule is Cc1ccc(-n2nccn2)c(C(=O)N[C@@H](C)CN=CC(=CN)c2ccc(F)c(F)c2)n1. The van der Waals surface area contributed by atoms with Gasteiger partial charge in [-0.05, 0) is 43.7 Å². The lowest BCUT2D eigenvalue weighted by molar-refractivity contribution is 0.0936. The molecule has 8 nitrogen and oxygen atoms in total. The molecule has 0 bridgehead atoms. The highest BCUT2D eigenvalue weighted by Crippen LogP contribution is 2.16. The highest BCUT2D eigenvalue weighted by atomic mass is 19.2. The van der Waals surface area contributed by atoms with Gasteiger partial charge in [0.15, 0.2) is 17.3 Å². The van der Waals surface area contributed by atoms with Crippen molar-refractivity contribution >= 4 is 17.7 Å². The molecule has 0 aliphatic rings. The highest BCUT2D eigenvalue weighted by molar-refractivity contribution is 6.09. The van der Waals surface area contributed by atoms with Crippen LogP contribution in [0.1, 0.15) is 28.7 Å². The van der Waals surface area contributed by atoms with Gasteiger partial charge in [-0.15, -0.1) is 4.80 Å². The number of nitrogens with zero attached hydrogens (tertiary/aromatic N) is 5. The van der Waals surface area contributed by atoms with Crippen molar-refractivity contribution in [2.24, 2.45) is 10.7 Å². The number of rotatable bonds is 7. The maximum atomic E-state index is 13.4. The van der Waals surface area contributed by atoms with E-state index >= 15 is 0 Å². The van der Waals surface area contributed by atoms with Crippen LogP contribution in [-0.4, -0.2) is 44.7 Å². The molecule has 1 aromatic carbocycles. The van der Waals surface area contributed by atoms with Crippen LogP contribution in [0.2, 0.25) is 0 Å². The minimum atomic E-state index is -0.973. The summed E-state index contributed by atoms with van der Waals surface area (Å²) in [5.74, 6) is -2.31. The van der Waals surface area contributed by atoms with Gasteiger partial charge >= 0.3 is 0 Å². The lowest BCUT2D eigenvalue weighted by Crippen LogP contribution is -2.36. The van der Waals surface area contributed by atoms with E-state index in [-0.39, 0.29) is 18.3 Å². The number of aliphatic imine (C=N–C) groups is 1. The average molecular weight is 425 g/mol. The number of benzene rings is 1. The number of nitrogens with two attached hydrogens (primary N) is 1. The summed E-state index contributed by atoms with van der Waals surface area (Å²) in [6, 6.07) is 6.62. The van der Waals surface area contributed by atoms with Gasteiger partial charge in [-0.1, -0.05) is 6.07 Å². The molecule has 31 heavy (non-hydrogen) atoms. The van der Waals surface area contributed by atoms with E-state index in [0.29, 0.717) is 22.5 Å². The molecule has 0 saturated carbocycles. The predicted octanol–water partition coefficient (Wildman–Crippen LogP) is 2.44. The van der Waals surface area contributed by atoms with Crippen LogP contribution in [0.3, 0.4) is 0 Å². The Morgan fingerprint density at radius 3 is 2.65 bits per heavy atom. The minimum absolute atomic E-state index is 0.191. The molecular weight excluding hydrogens is 404 g/mol. The van der Waals surface area contributed by atoms with Gasteiger partial charge in [0.2, 0.25) is 0 Å². The van der Waals surface area contributed by atoms with Crippen LogP contribution in [0.5, 0.6) is 0 Å². The van der Waals surface area contributed by atoms with E-state index in [4.69, 9.17) is 5.73 Å². The van der Waals surface area contributed by atoms with Crippen molar-refractivity contribution in [3.8, 4) is 5.69 Å². The number of nitrogens with one attached hydrogen (secondary N) is 1. The van der Waals surface area contributed by atoms with Gasteiger partial charge in [-0.3, -0.25) is 9.79 Å². The number of hydrogen-bond acceptors (Lipinski definition) is 6. The van der Waals surface area contributed by atoms with Gasteiger partial charge in [0.05, 0.1) is 18.9 Å². The third kappa shape index (κ3) is 5.35. The first-order chi connectivity index (χ1) is 14.9. The van der Waals surface area contributed by atoms with Gasteiger partial charge in [0, 0.05) is 29.7 Å². The number of amides is 1. The van der Waals surface area contributed by atoms with Gasteiger partial charge in [-0.25, -0.2) is 13.8 Å². The van der Waals surface area contributed by atoms with Gasteiger partial charge in [-0.2, -0.15) is 10.2 Å². The zero-order valence-electron chi connectivity index (χ0n) is 17.0. The van der Waals surface area contributed by atoms with Crippen molar-refractivity contribution in [1.29, 1.82) is 0 Å². The van der Waals surface area contributed by atoms with E-state index in [1.54, 1.807) is 26.0 Å². The standard InChI is InChI=1S/C21H21F2N7O/c1-13-3-6-19(30-26-7-8-27-30)20(28-13)21(31)29-14(2)11-25-12-16(10-24)15-4-5-17(22)18(23)9-15/h3-10,12,14H,11,24H2,1-2H3,(H,29,31)/t14-/m0/s1. The summed E-state index contributed by atoms with van der Waals surface area (Å²) >= 11 is 0. The summed E-state index contributed by atoms with van der Waals surface area (Å²) in [5, 5.41) is 10.9. The van der Waals surface area contributed by atoms with Crippen molar-refractivity contribution in [3.63, 3.8) is 0 Å². The molecule has 0 saturated heterocycles. The Balaban J connectivity index is 1.67. The van der Waals surface area contributed by atoms with Crippen LogP contribution in [0.4, 0.5) is 8.78 Å². The number of aryl methyl sites for hydroxylation is 1. The van der Waals surface area contributed by atoms with Gasteiger partial charge in [0.25, 0.3) is 5.91 Å². The van der Waals surface area contributed by atoms with E-state index in [0.717, 1.165) is 12.1 Å². The lowest BCUT2D eigenvalue weighted by Gasteiger charge is -2.13. The van der Waals surface area contributed by atoms with Crippen molar-refractivity contribution in [2.45, 2.75) is 19.9 Å². The second kappa shape index (κ2) is 9.70. The van der Waals surface area contributed by atoms with Crippen molar-refractivity contribution in [1.82, 2.24) is 25.3 Å². The molecule has 0 fully saturated rings. The lowest BCUT2D eigenvalue weighted by atomic mass is 10.1. The summed E-state index contributed by atoms with van der Waals surface area (Å²) in [7, 11) is 0. The number of pyridine rings is 1. The third-order valence-corrected chi connectivity index (χ3v) is 4.28. The maximum absolute atomic E-state index is 13.4. The Morgan fingerprint density at radius 1 is 1.23 bits per heavy atom. The Kier molecular flexibility index (Phi) is 6.81. The van der Waals surface area contributed by atoms with Crippen LogP contribution in [0.15, 0.2) is 53.9 Å². The first kappa shape index (κ1) is 21.8. The molecule has 0 aliphatic heterocycles. The first-order valence-corrected chi connectivity index (χ1v) is 9.41. The second-order valence-electron chi connectivity index (χ2n) is 6.76. The third-order valence-electron chi connectivity index (χ3n) is 4.28. The second-order valence-corrected chi connectivity index (χ2v) is 6.76. The molecule has 3 N–H and O–H groups in total. The molecule has 0 spiro atoms. The predicted molar refractivity (Wildman–Crippen MR) is 113 cm³/mol. The van der Waals surface area contributed by atoms with E-state index < -0.39 is 17.5 Å². The monoisotopic (exact) mass is 425 g/mol. The average Bonchev–Trinajstić information content (AvgIpc) is 3.28. The quantitative estimate of drug-likeness (QED) is 0.565. The highest BCUT2D eigenvalue weighted by Gasteiger charge is 2.18. The molecule has 0 unspecified atom stereocenters. The van der Waals surface area contributed by atoms with Crippen molar-refractivity contribution in [3.05, 3.63) is 77.5 Å². The van der Waals surface area contributed by atoms with E-state index in [9.17, 15) is 13.6 Å². The zero-order valence-corrected chi connectivity index (χ0v) is 17.0. The number of aromatic nitrogens is 4. The maximum Gasteiger partial charge on any atom is 0.272 e. The smallest absolute Gasteiger partial charge is 0.272 e. The fourth-order valence-electron chi connectivity index (χ4n) is 2.75. The van der Waals surface area contributed by atoms with Crippen molar-refractivity contribution in [2.75, 3.05) is 6.54 Å². The van der Waals surface area contributed by atoms with Crippen LogP contribution in [0, 0.1) is 18.6 Å². The number of carbonyl (C=O) groups excluding carboxylic acids is 1. The minimum Gasteiger partial charge on any atom is -0.404 e. The largest absolute Gasteiger partial charge is 0.404 e. The molecular formula is C21H21F2N7O. The summed E-state index contributed by atoms with van der Waals surface area (Å²) in [4.78, 5) is 22.7. The van der Waals surface area contributed by atoms with E-state index in [1.165, 1.54) is 35.7 Å². The summed E-state index contributed by atoms with van der Waals surface area (Å²) < 4.78 is 26.6. The normalized spacial score (nSPS) is 12.8. The molecule has 160 valence electrons. The summed E-state index contributed by atoms with van der Waals surface area (Å²) in [6.45, 7) is 3.79. The van der Waals surface area contributed by atoms with E-state index in [1.807, 2.05) is 0 Å².